The fourth-order valence-electron chi connectivity index (χ4n) is 1.50. The third kappa shape index (κ3) is 2.29. The zero-order valence-electron chi connectivity index (χ0n) is 8.88. The molecule has 0 fully saturated rings. The molecule has 0 radical (unpaired) electrons. The van der Waals surface area contributed by atoms with Crippen molar-refractivity contribution in [1.29, 1.82) is 0 Å². The number of benzene rings is 2. The molecule has 0 aliphatic carbocycles. The Hall–Kier alpha value is -1.66. The standard InChI is InChI=1S/C13H11O2P/c1-15-12-6-2-10(3-7-12)11-4-8-13(16-14)9-5-11/h2-9H,1H3. The molecule has 0 unspecified atom stereocenters. The van der Waals surface area contributed by atoms with Crippen LogP contribution >= 0.6 is 8.46 Å². The molecule has 2 aromatic carbocycles. The smallest absolute Gasteiger partial charge is 0.192 e. The van der Waals surface area contributed by atoms with Gasteiger partial charge in [-0.3, -0.25) is 4.57 Å². The second-order valence-electron chi connectivity index (χ2n) is 3.37. The molecule has 0 spiro atoms. The highest BCUT2D eigenvalue weighted by molar-refractivity contribution is 7.34. The van der Waals surface area contributed by atoms with Gasteiger partial charge in [0.15, 0.2) is 8.46 Å². The summed E-state index contributed by atoms with van der Waals surface area (Å²) in [6.45, 7) is 0. The van der Waals surface area contributed by atoms with Gasteiger partial charge in [-0.25, -0.2) is 0 Å². The zero-order valence-corrected chi connectivity index (χ0v) is 9.78. The Balaban J connectivity index is 2.31. The molecule has 0 bridgehead atoms. The van der Waals surface area contributed by atoms with Crippen LogP contribution in [0.3, 0.4) is 0 Å². The molecule has 2 nitrogen and oxygen atoms in total. The van der Waals surface area contributed by atoms with Crippen molar-refractivity contribution >= 4 is 13.8 Å². The van der Waals surface area contributed by atoms with E-state index in [-0.39, 0.29) is 8.46 Å². The van der Waals surface area contributed by atoms with Gasteiger partial charge in [-0.05, 0) is 35.4 Å². The summed E-state index contributed by atoms with van der Waals surface area (Å²) in [6.07, 6.45) is 0. The Kier molecular flexibility index (Phi) is 3.33. The van der Waals surface area contributed by atoms with Crippen LogP contribution in [-0.4, -0.2) is 7.11 Å². The van der Waals surface area contributed by atoms with Crippen LogP contribution in [0.2, 0.25) is 0 Å². The van der Waals surface area contributed by atoms with E-state index in [1.807, 2.05) is 48.5 Å². The quantitative estimate of drug-likeness (QED) is 0.756. The maximum absolute atomic E-state index is 10.6. The number of hydrogen-bond acceptors (Lipinski definition) is 2. The van der Waals surface area contributed by atoms with Crippen LogP contribution in [0.5, 0.6) is 5.75 Å². The largest absolute Gasteiger partial charge is 0.497 e. The topological polar surface area (TPSA) is 26.3 Å². The Bertz CT molecular complexity index is 474. The summed E-state index contributed by atoms with van der Waals surface area (Å²) in [5.41, 5.74) is 2.23. The SMILES string of the molecule is COc1ccc(-c2ccc(P=O)cc2)cc1. The average Bonchev–Trinajstić information content (AvgIpc) is 2.39. The minimum absolute atomic E-state index is 0.0604. The molecular formula is C13H11O2P. The van der Waals surface area contributed by atoms with Gasteiger partial charge in [0.25, 0.3) is 0 Å². The van der Waals surface area contributed by atoms with Crippen LogP contribution in [0.1, 0.15) is 0 Å². The first kappa shape index (κ1) is 10.8. The van der Waals surface area contributed by atoms with E-state index in [0.29, 0.717) is 0 Å². The first-order chi connectivity index (χ1) is 7.83. The number of methoxy groups -OCH3 is 1. The van der Waals surface area contributed by atoms with Crippen molar-refractivity contribution in [1.82, 2.24) is 0 Å². The van der Waals surface area contributed by atoms with Gasteiger partial charge in [0, 0.05) is 5.30 Å². The van der Waals surface area contributed by atoms with Gasteiger partial charge in [-0.2, -0.15) is 0 Å². The van der Waals surface area contributed by atoms with Crippen LogP contribution < -0.4 is 10.0 Å². The van der Waals surface area contributed by atoms with Gasteiger partial charge in [-0.15, -0.1) is 0 Å². The first-order valence-corrected chi connectivity index (χ1v) is 5.72. The van der Waals surface area contributed by atoms with Crippen molar-refractivity contribution in [3.63, 3.8) is 0 Å². The number of rotatable bonds is 3. The van der Waals surface area contributed by atoms with Crippen molar-refractivity contribution < 1.29 is 9.30 Å². The van der Waals surface area contributed by atoms with Crippen LogP contribution in [0.4, 0.5) is 0 Å². The molecule has 2 aromatic rings. The van der Waals surface area contributed by atoms with Crippen LogP contribution in [0.15, 0.2) is 48.5 Å². The van der Waals surface area contributed by atoms with Crippen LogP contribution in [0.25, 0.3) is 11.1 Å². The summed E-state index contributed by atoms with van der Waals surface area (Å²) in [5.74, 6) is 0.846. The van der Waals surface area contributed by atoms with E-state index >= 15 is 0 Å². The molecule has 2 rings (SSSR count). The summed E-state index contributed by atoms with van der Waals surface area (Å²) in [5, 5.41) is 0.789. The van der Waals surface area contributed by atoms with E-state index in [0.717, 1.165) is 22.2 Å². The van der Waals surface area contributed by atoms with E-state index in [2.05, 4.69) is 0 Å². The van der Waals surface area contributed by atoms with Crippen molar-refractivity contribution in [3.8, 4) is 16.9 Å². The minimum Gasteiger partial charge on any atom is -0.497 e. The maximum atomic E-state index is 10.6. The lowest BCUT2D eigenvalue weighted by Gasteiger charge is -2.03. The molecule has 3 heteroatoms. The average molecular weight is 230 g/mol. The molecule has 0 saturated carbocycles. The van der Waals surface area contributed by atoms with Crippen molar-refractivity contribution in [2.24, 2.45) is 0 Å². The van der Waals surface area contributed by atoms with E-state index in [1.165, 1.54) is 0 Å². The Labute approximate surface area is 96.1 Å². The third-order valence-corrected chi connectivity index (χ3v) is 2.91. The second-order valence-corrected chi connectivity index (χ2v) is 4.07. The second kappa shape index (κ2) is 4.91. The molecule has 0 saturated heterocycles. The lowest BCUT2D eigenvalue weighted by Crippen LogP contribution is -1.89. The van der Waals surface area contributed by atoms with Crippen molar-refractivity contribution in [2.45, 2.75) is 0 Å². The zero-order chi connectivity index (χ0) is 11.4. The Morgan fingerprint density at radius 1 is 0.875 bits per heavy atom. The van der Waals surface area contributed by atoms with Gasteiger partial charge in [0.2, 0.25) is 0 Å². The van der Waals surface area contributed by atoms with E-state index in [4.69, 9.17) is 4.74 Å². The van der Waals surface area contributed by atoms with Gasteiger partial charge in [-0.1, -0.05) is 24.3 Å². The van der Waals surface area contributed by atoms with Crippen LogP contribution in [0, 0.1) is 0 Å². The molecule has 0 atom stereocenters. The summed E-state index contributed by atoms with van der Waals surface area (Å²) in [7, 11) is 1.71. The van der Waals surface area contributed by atoms with Crippen molar-refractivity contribution in [2.75, 3.05) is 7.11 Å². The third-order valence-electron chi connectivity index (χ3n) is 2.40. The van der Waals surface area contributed by atoms with Gasteiger partial charge >= 0.3 is 0 Å². The van der Waals surface area contributed by atoms with Crippen molar-refractivity contribution in [3.05, 3.63) is 48.5 Å². The summed E-state index contributed by atoms with van der Waals surface area (Å²) in [6, 6.07) is 15.5. The molecule has 0 heterocycles. The molecule has 80 valence electrons. The summed E-state index contributed by atoms with van der Waals surface area (Å²) in [4.78, 5) is 0. The predicted octanol–water partition coefficient (Wildman–Crippen LogP) is 3.28. The highest BCUT2D eigenvalue weighted by Gasteiger charge is 1.98. The first-order valence-electron chi connectivity index (χ1n) is 4.91. The van der Waals surface area contributed by atoms with Gasteiger partial charge in [0.05, 0.1) is 7.11 Å². The maximum Gasteiger partial charge on any atom is 0.192 e. The number of hydrogen-bond donors (Lipinski definition) is 0. The summed E-state index contributed by atoms with van der Waals surface area (Å²) < 4.78 is 15.7. The molecule has 16 heavy (non-hydrogen) atoms. The number of ether oxygens (including phenoxy) is 1. The lowest BCUT2D eigenvalue weighted by atomic mass is 10.1. The van der Waals surface area contributed by atoms with Gasteiger partial charge < -0.3 is 4.74 Å². The van der Waals surface area contributed by atoms with E-state index in [1.54, 1.807) is 7.11 Å². The Morgan fingerprint density at radius 3 is 1.81 bits per heavy atom. The molecule has 0 N–H and O–H groups in total. The fourth-order valence-corrected chi connectivity index (χ4v) is 1.77. The van der Waals surface area contributed by atoms with E-state index < -0.39 is 0 Å². The molecular weight excluding hydrogens is 219 g/mol. The van der Waals surface area contributed by atoms with Crippen LogP contribution in [-0.2, 0) is 4.57 Å². The molecule has 0 aliphatic heterocycles. The highest BCUT2D eigenvalue weighted by Crippen LogP contribution is 2.21. The Morgan fingerprint density at radius 2 is 1.38 bits per heavy atom. The fraction of sp³-hybridized carbons (Fsp3) is 0.0769. The monoisotopic (exact) mass is 230 g/mol. The molecule has 0 aliphatic rings. The minimum atomic E-state index is 0.0604. The lowest BCUT2D eigenvalue weighted by molar-refractivity contribution is 0.415. The highest BCUT2D eigenvalue weighted by atomic mass is 31.1. The van der Waals surface area contributed by atoms with Gasteiger partial charge in [0.1, 0.15) is 5.75 Å². The van der Waals surface area contributed by atoms with E-state index in [9.17, 15) is 4.57 Å². The molecule has 0 aromatic heterocycles. The predicted molar refractivity (Wildman–Crippen MR) is 65.7 cm³/mol. The normalized spacial score (nSPS) is 10.3. The molecule has 0 amide bonds. The summed E-state index contributed by atoms with van der Waals surface area (Å²) >= 11 is 0.